The van der Waals surface area contributed by atoms with Crippen LogP contribution >= 0.6 is 0 Å². The third-order valence-electron chi connectivity index (χ3n) is 2.56. The molecule has 2 rings (SSSR count). The largest absolute Gasteiger partial charge is 0.397 e. The van der Waals surface area contributed by atoms with Crippen molar-refractivity contribution in [2.75, 3.05) is 11.1 Å². The highest BCUT2D eigenvalue weighted by Gasteiger charge is 2.09. The van der Waals surface area contributed by atoms with Crippen molar-refractivity contribution < 1.29 is 8.42 Å². The molecule has 0 unspecified atom stereocenters. The topological polar surface area (TPSA) is 111 Å². The van der Waals surface area contributed by atoms with Crippen LogP contribution in [0.25, 0.3) is 0 Å². The zero-order valence-corrected chi connectivity index (χ0v) is 10.9. The van der Waals surface area contributed by atoms with Crippen LogP contribution in [0.3, 0.4) is 0 Å². The van der Waals surface area contributed by atoms with Crippen LogP contribution in [-0.2, 0) is 16.6 Å². The molecule has 1 heterocycles. The second-order valence-corrected chi connectivity index (χ2v) is 5.57. The van der Waals surface area contributed by atoms with E-state index in [9.17, 15) is 8.42 Å². The molecule has 0 fully saturated rings. The highest BCUT2D eigenvalue weighted by atomic mass is 32.2. The summed E-state index contributed by atoms with van der Waals surface area (Å²) in [5.74, 6) is 0. The van der Waals surface area contributed by atoms with E-state index in [4.69, 9.17) is 10.9 Å². The van der Waals surface area contributed by atoms with Crippen molar-refractivity contribution in [3.05, 3.63) is 48.3 Å². The van der Waals surface area contributed by atoms with Gasteiger partial charge in [0.2, 0.25) is 10.0 Å². The normalized spacial score (nSPS) is 11.2. The summed E-state index contributed by atoms with van der Waals surface area (Å²) in [7, 11) is -3.73. The molecule has 1 aromatic heterocycles. The predicted molar refractivity (Wildman–Crippen MR) is 73.8 cm³/mol. The van der Waals surface area contributed by atoms with Gasteiger partial charge in [0.15, 0.2) is 0 Å². The number of rotatable bonds is 4. The predicted octanol–water partition coefficient (Wildman–Crippen LogP) is 0.923. The molecule has 0 saturated heterocycles. The van der Waals surface area contributed by atoms with Crippen molar-refractivity contribution in [3.63, 3.8) is 0 Å². The van der Waals surface area contributed by atoms with Crippen LogP contribution in [0, 0.1) is 0 Å². The molecule has 0 spiro atoms. The number of sulfonamides is 1. The maximum absolute atomic E-state index is 11.2. The summed E-state index contributed by atoms with van der Waals surface area (Å²) < 4.78 is 22.3. The van der Waals surface area contributed by atoms with E-state index in [0.717, 1.165) is 5.56 Å². The van der Waals surface area contributed by atoms with Crippen LogP contribution < -0.4 is 16.2 Å². The van der Waals surface area contributed by atoms with E-state index in [2.05, 4.69) is 10.3 Å². The van der Waals surface area contributed by atoms with Gasteiger partial charge in [0, 0.05) is 18.9 Å². The molecule has 5 N–H and O–H groups in total. The summed E-state index contributed by atoms with van der Waals surface area (Å²) in [5.41, 5.74) is 7.76. The van der Waals surface area contributed by atoms with Gasteiger partial charge in [-0.25, -0.2) is 13.6 Å². The number of primary sulfonamides is 1. The number of hydrogen-bond acceptors (Lipinski definition) is 5. The number of nitrogens with zero attached hydrogens (tertiary/aromatic N) is 1. The molecule has 0 aliphatic heterocycles. The summed E-state index contributed by atoms with van der Waals surface area (Å²) in [5, 5.41) is 8.14. The van der Waals surface area contributed by atoms with Crippen molar-refractivity contribution in [2.24, 2.45) is 5.14 Å². The standard InChI is InChI=1S/C12H14N4O2S/c13-11-6-10(19(14,17)18)3-4-12(11)16-8-9-2-1-5-15-7-9/h1-7,16H,8,13H2,(H2,14,17,18). The van der Waals surface area contributed by atoms with Gasteiger partial charge in [-0.05, 0) is 29.8 Å². The molecular formula is C12H14N4O2S. The summed E-state index contributed by atoms with van der Waals surface area (Å²) in [4.78, 5) is 4.00. The smallest absolute Gasteiger partial charge is 0.238 e. The first kappa shape index (κ1) is 13.3. The lowest BCUT2D eigenvalue weighted by molar-refractivity contribution is 0.598. The fraction of sp³-hybridized carbons (Fsp3) is 0.0833. The van der Waals surface area contributed by atoms with E-state index >= 15 is 0 Å². The first-order valence-corrected chi connectivity index (χ1v) is 7.06. The molecule has 6 nitrogen and oxygen atoms in total. The van der Waals surface area contributed by atoms with Crippen molar-refractivity contribution in [2.45, 2.75) is 11.4 Å². The minimum absolute atomic E-state index is 0.00284. The third-order valence-corrected chi connectivity index (χ3v) is 3.47. The number of hydrogen-bond donors (Lipinski definition) is 3. The lowest BCUT2D eigenvalue weighted by Gasteiger charge is -2.10. The van der Waals surface area contributed by atoms with Crippen LogP contribution in [0.5, 0.6) is 0 Å². The Morgan fingerprint density at radius 3 is 2.63 bits per heavy atom. The summed E-state index contributed by atoms with van der Waals surface area (Å²) >= 11 is 0. The Morgan fingerprint density at radius 1 is 1.26 bits per heavy atom. The number of benzene rings is 1. The number of aromatic nitrogens is 1. The van der Waals surface area contributed by atoms with Gasteiger partial charge in [-0.1, -0.05) is 6.07 Å². The average molecular weight is 278 g/mol. The van der Waals surface area contributed by atoms with Crippen molar-refractivity contribution in [1.82, 2.24) is 4.98 Å². The van der Waals surface area contributed by atoms with Crippen molar-refractivity contribution in [3.8, 4) is 0 Å². The Balaban J connectivity index is 2.14. The van der Waals surface area contributed by atoms with Crippen LogP contribution in [0.2, 0.25) is 0 Å². The highest BCUT2D eigenvalue weighted by molar-refractivity contribution is 7.89. The molecule has 0 bridgehead atoms. The van der Waals surface area contributed by atoms with E-state index in [1.807, 2.05) is 12.1 Å². The first-order valence-electron chi connectivity index (χ1n) is 5.52. The monoisotopic (exact) mass is 278 g/mol. The zero-order chi connectivity index (χ0) is 13.9. The molecule has 19 heavy (non-hydrogen) atoms. The highest BCUT2D eigenvalue weighted by Crippen LogP contribution is 2.22. The lowest BCUT2D eigenvalue weighted by Crippen LogP contribution is -2.13. The van der Waals surface area contributed by atoms with E-state index < -0.39 is 10.0 Å². The molecule has 7 heteroatoms. The van der Waals surface area contributed by atoms with Gasteiger partial charge >= 0.3 is 0 Å². The molecular weight excluding hydrogens is 264 g/mol. The zero-order valence-electron chi connectivity index (χ0n) is 10.1. The van der Waals surface area contributed by atoms with E-state index in [0.29, 0.717) is 17.9 Å². The van der Waals surface area contributed by atoms with Gasteiger partial charge in [-0.15, -0.1) is 0 Å². The SMILES string of the molecule is Nc1cc(S(N)(=O)=O)ccc1NCc1cccnc1. The van der Waals surface area contributed by atoms with E-state index in [1.165, 1.54) is 12.1 Å². The van der Waals surface area contributed by atoms with Gasteiger partial charge < -0.3 is 11.1 Å². The van der Waals surface area contributed by atoms with Crippen LogP contribution in [0.4, 0.5) is 11.4 Å². The van der Waals surface area contributed by atoms with Gasteiger partial charge in [-0.3, -0.25) is 4.98 Å². The molecule has 0 amide bonds. The van der Waals surface area contributed by atoms with Crippen LogP contribution in [0.1, 0.15) is 5.56 Å². The average Bonchev–Trinajstić information content (AvgIpc) is 2.37. The van der Waals surface area contributed by atoms with Crippen molar-refractivity contribution >= 4 is 21.4 Å². The lowest BCUT2D eigenvalue weighted by atomic mass is 10.2. The molecule has 0 saturated carbocycles. The second-order valence-electron chi connectivity index (χ2n) is 4.01. The molecule has 0 aliphatic carbocycles. The summed E-state index contributed by atoms with van der Waals surface area (Å²) in [6, 6.07) is 8.10. The molecule has 1 aromatic carbocycles. The minimum Gasteiger partial charge on any atom is -0.397 e. The Morgan fingerprint density at radius 2 is 2.05 bits per heavy atom. The molecule has 0 atom stereocenters. The van der Waals surface area contributed by atoms with Gasteiger partial charge in [0.25, 0.3) is 0 Å². The first-order chi connectivity index (χ1) is 8.97. The van der Waals surface area contributed by atoms with E-state index in [1.54, 1.807) is 18.5 Å². The Kier molecular flexibility index (Phi) is 3.68. The quantitative estimate of drug-likeness (QED) is 0.720. The number of nitrogen functional groups attached to an aromatic ring is 1. The molecule has 100 valence electrons. The number of pyridine rings is 1. The Labute approximate surface area is 111 Å². The molecule has 0 aliphatic rings. The van der Waals surface area contributed by atoms with Crippen LogP contribution in [0.15, 0.2) is 47.6 Å². The van der Waals surface area contributed by atoms with Crippen LogP contribution in [-0.4, -0.2) is 13.4 Å². The van der Waals surface area contributed by atoms with Crippen molar-refractivity contribution in [1.29, 1.82) is 0 Å². The number of nitrogens with one attached hydrogen (secondary N) is 1. The fourth-order valence-corrected chi connectivity index (χ4v) is 2.13. The Bertz CT molecular complexity index is 671. The number of anilines is 2. The van der Waals surface area contributed by atoms with Gasteiger partial charge in [0.05, 0.1) is 16.3 Å². The molecule has 0 radical (unpaired) electrons. The number of nitrogens with two attached hydrogens (primary N) is 2. The second kappa shape index (κ2) is 5.25. The van der Waals surface area contributed by atoms with E-state index in [-0.39, 0.29) is 4.90 Å². The summed E-state index contributed by atoms with van der Waals surface area (Å²) in [6.45, 7) is 0.548. The fourth-order valence-electron chi connectivity index (χ4n) is 1.58. The summed E-state index contributed by atoms with van der Waals surface area (Å²) in [6.07, 6.45) is 3.43. The van der Waals surface area contributed by atoms with Gasteiger partial charge in [0.1, 0.15) is 0 Å². The minimum atomic E-state index is -3.73. The molecule has 2 aromatic rings. The Hall–Kier alpha value is -2.12. The maximum atomic E-state index is 11.2. The maximum Gasteiger partial charge on any atom is 0.238 e. The van der Waals surface area contributed by atoms with Gasteiger partial charge in [-0.2, -0.15) is 0 Å². The third kappa shape index (κ3) is 3.43.